The molecule has 0 aliphatic heterocycles. The summed E-state index contributed by atoms with van der Waals surface area (Å²) in [6.45, 7) is 0. The Balaban J connectivity index is 1.52. The number of anilines is 2. The van der Waals surface area contributed by atoms with Crippen LogP contribution in [0.5, 0.6) is 0 Å². The highest BCUT2D eigenvalue weighted by Crippen LogP contribution is 2.30. The summed E-state index contributed by atoms with van der Waals surface area (Å²) in [6, 6.07) is 12.3. The Morgan fingerprint density at radius 2 is 1.72 bits per heavy atom. The summed E-state index contributed by atoms with van der Waals surface area (Å²) in [5, 5.41) is 15.5. The second-order valence-corrected chi connectivity index (χ2v) is 6.16. The lowest BCUT2D eigenvalue weighted by atomic mass is 10.1. The van der Waals surface area contributed by atoms with Crippen LogP contribution in [-0.2, 0) is 9.59 Å². The zero-order chi connectivity index (χ0) is 17.8. The predicted octanol–water partition coefficient (Wildman–Crippen LogP) is 3.24. The van der Waals surface area contributed by atoms with Gasteiger partial charge in [0.15, 0.2) is 0 Å². The molecule has 1 atom stereocenters. The van der Waals surface area contributed by atoms with Crippen molar-refractivity contribution in [1.82, 2.24) is 0 Å². The average Bonchev–Trinajstić information content (AvgIpc) is 3.41. The van der Waals surface area contributed by atoms with Crippen molar-refractivity contribution in [3.63, 3.8) is 0 Å². The van der Waals surface area contributed by atoms with Crippen molar-refractivity contribution in [3.8, 4) is 0 Å². The number of hydrogen-bond donors (Lipinski definition) is 3. The third-order valence-electron chi connectivity index (χ3n) is 4.00. The topological polar surface area (TPSA) is 78.4 Å². The Morgan fingerprint density at radius 3 is 2.32 bits per heavy atom. The molecular weight excluding hydrogens is 323 g/mol. The summed E-state index contributed by atoms with van der Waals surface area (Å²) in [7, 11) is 0. The molecule has 1 fully saturated rings. The van der Waals surface area contributed by atoms with E-state index in [4.69, 9.17) is 0 Å². The van der Waals surface area contributed by atoms with Gasteiger partial charge >= 0.3 is 0 Å². The van der Waals surface area contributed by atoms with E-state index in [2.05, 4.69) is 10.6 Å². The van der Waals surface area contributed by atoms with Crippen LogP contribution in [0, 0.1) is 11.7 Å². The fourth-order valence-corrected chi connectivity index (χ4v) is 2.45. The number of carbonyl (C=O) groups is 2. The van der Waals surface area contributed by atoms with Crippen molar-refractivity contribution >= 4 is 23.2 Å². The van der Waals surface area contributed by atoms with Gasteiger partial charge in [0.25, 0.3) is 0 Å². The zero-order valence-electron chi connectivity index (χ0n) is 13.5. The van der Waals surface area contributed by atoms with E-state index >= 15 is 0 Å². The van der Waals surface area contributed by atoms with E-state index in [1.54, 1.807) is 30.3 Å². The molecule has 0 saturated heterocycles. The molecule has 0 aromatic heterocycles. The van der Waals surface area contributed by atoms with Crippen molar-refractivity contribution in [2.24, 2.45) is 5.92 Å². The van der Waals surface area contributed by atoms with Gasteiger partial charge in [-0.05, 0) is 54.8 Å². The minimum atomic E-state index is -1.08. The highest BCUT2D eigenvalue weighted by atomic mass is 19.1. The van der Waals surface area contributed by atoms with Crippen molar-refractivity contribution < 1.29 is 19.1 Å². The van der Waals surface area contributed by atoms with Gasteiger partial charge in [0.05, 0.1) is 12.5 Å². The molecule has 3 rings (SSSR count). The van der Waals surface area contributed by atoms with Gasteiger partial charge in [0, 0.05) is 17.3 Å². The first-order valence-electron chi connectivity index (χ1n) is 8.15. The van der Waals surface area contributed by atoms with Crippen LogP contribution in [0.15, 0.2) is 48.5 Å². The molecule has 0 spiro atoms. The van der Waals surface area contributed by atoms with Crippen molar-refractivity contribution in [2.45, 2.75) is 25.4 Å². The van der Waals surface area contributed by atoms with Crippen molar-refractivity contribution in [1.29, 1.82) is 0 Å². The van der Waals surface area contributed by atoms with Crippen LogP contribution in [0.25, 0.3) is 0 Å². The number of nitrogens with one attached hydrogen (secondary N) is 2. The lowest BCUT2D eigenvalue weighted by Gasteiger charge is -2.12. The minimum absolute atomic E-state index is 0.0231. The molecule has 0 bridgehead atoms. The Labute approximate surface area is 144 Å². The van der Waals surface area contributed by atoms with Gasteiger partial charge in [-0.15, -0.1) is 0 Å². The van der Waals surface area contributed by atoms with E-state index in [9.17, 15) is 19.1 Å². The van der Waals surface area contributed by atoms with Gasteiger partial charge in [-0.2, -0.15) is 0 Å². The van der Waals surface area contributed by atoms with Gasteiger partial charge < -0.3 is 15.7 Å². The summed E-state index contributed by atoms with van der Waals surface area (Å²) < 4.78 is 13.2. The van der Waals surface area contributed by atoms with Gasteiger partial charge in [0.2, 0.25) is 11.8 Å². The Hall–Kier alpha value is -2.73. The van der Waals surface area contributed by atoms with E-state index < -0.39 is 11.9 Å². The quantitative estimate of drug-likeness (QED) is 0.754. The van der Waals surface area contributed by atoms with Crippen molar-refractivity contribution in [2.75, 3.05) is 10.6 Å². The Bertz CT molecular complexity index is 772. The molecule has 1 saturated carbocycles. The smallest absolute Gasteiger partial charge is 0.227 e. The summed E-state index contributed by atoms with van der Waals surface area (Å²) in [6.07, 6.45) is 0.623. The largest absolute Gasteiger partial charge is 0.388 e. The first-order chi connectivity index (χ1) is 12.0. The summed E-state index contributed by atoms with van der Waals surface area (Å²) in [5.41, 5.74) is 1.59. The number of carbonyl (C=O) groups excluding carboxylic acids is 2. The van der Waals surface area contributed by atoms with E-state index in [-0.39, 0.29) is 24.2 Å². The third kappa shape index (κ3) is 4.87. The lowest BCUT2D eigenvalue weighted by molar-refractivity contribution is -0.118. The number of amides is 2. The lowest BCUT2D eigenvalue weighted by Crippen LogP contribution is -2.16. The number of rotatable bonds is 6. The van der Waals surface area contributed by atoms with Gasteiger partial charge in [-0.1, -0.05) is 12.1 Å². The normalized spacial score (nSPS) is 14.6. The molecule has 6 heteroatoms. The number of aliphatic hydroxyl groups excluding tert-OH is 1. The Kier molecular flexibility index (Phi) is 5.09. The van der Waals surface area contributed by atoms with Gasteiger partial charge in [-0.3, -0.25) is 9.59 Å². The maximum atomic E-state index is 13.2. The molecule has 25 heavy (non-hydrogen) atoms. The second-order valence-electron chi connectivity index (χ2n) is 6.16. The molecule has 0 radical (unpaired) electrons. The van der Waals surface area contributed by atoms with Crippen LogP contribution in [0.2, 0.25) is 0 Å². The first kappa shape index (κ1) is 17.1. The van der Waals surface area contributed by atoms with Crippen LogP contribution in [0.3, 0.4) is 0 Å². The molecule has 3 N–H and O–H groups in total. The monoisotopic (exact) mass is 342 g/mol. The highest BCUT2D eigenvalue weighted by molar-refractivity contribution is 5.95. The minimum Gasteiger partial charge on any atom is -0.388 e. The SMILES string of the molecule is O=C(CC(O)c1cccc(F)c1)Nc1ccc(NC(=O)C2CC2)cc1. The molecule has 130 valence electrons. The molecule has 2 amide bonds. The van der Waals surface area contributed by atoms with Crippen LogP contribution >= 0.6 is 0 Å². The van der Waals surface area contributed by atoms with Gasteiger partial charge in [0.1, 0.15) is 5.82 Å². The molecule has 1 aliphatic rings. The highest BCUT2D eigenvalue weighted by Gasteiger charge is 2.29. The molecule has 0 heterocycles. The number of benzene rings is 2. The van der Waals surface area contributed by atoms with Crippen LogP contribution < -0.4 is 10.6 Å². The van der Waals surface area contributed by atoms with Crippen molar-refractivity contribution in [3.05, 3.63) is 59.9 Å². The number of halogens is 1. The van der Waals surface area contributed by atoms with E-state index in [1.165, 1.54) is 18.2 Å². The number of hydrogen-bond acceptors (Lipinski definition) is 3. The van der Waals surface area contributed by atoms with E-state index in [0.29, 0.717) is 16.9 Å². The molecule has 5 nitrogen and oxygen atoms in total. The fourth-order valence-electron chi connectivity index (χ4n) is 2.45. The molecule has 2 aromatic carbocycles. The van der Waals surface area contributed by atoms with Crippen LogP contribution in [-0.4, -0.2) is 16.9 Å². The molecule has 2 aromatic rings. The fraction of sp³-hybridized carbons (Fsp3) is 0.263. The van der Waals surface area contributed by atoms with E-state index in [1.807, 2.05) is 0 Å². The summed E-state index contributed by atoms with van der Waals surface area (Å²) >= 11 is 0. The third-order valence-corrected chi connectivity index (χ3v) is 4.00. The van der Waals surface area contributed by atoms with Gasteiger partial charge in [-0.25, -0.2) is 4.39 Å². The summed E-state index contributed by atoms with van der Waals surface area (Å²) in [4.78, 5) is 23.7. The molecule has 1 unspecified atom stereocenters. The predicted molar refractivity (Wildman–Crippen MR) is 92.4 cm³/mol. The molecular formula is C19H19FN2O3. The second kappa shape index (κ2) is 7.44. The summed E-state index contributed by atoms with van der Waals surface area (Å²) in [5.74, 6) is -0.689. The van der Waals surface area contributed by atoms with Crippen LogP contribution in [0.4, 0.5) is 15.8 Å². The Morgan fingerprint density at radius 1 is 1.08 bits per heavy atom. The van der Waals surface area contributed by atoms with Crippen LogP contribution in [0.1, 0.15) is 30.9 Å². The maximum Gasteiger partial charge on any atom is 0.227 e. The average molecular weight is 342 g/mol. The maximum absolute atomic E-state index is 13.2. The van der Waals surface area contributed by atoms with E-state index in [0.717, 1.165) is 12.8 Å². The zero-order valence-corrected chi connectivity index (χ0v) is 13.5. The number of aliphatic hydroxyl groups is 1. The first-order valence-corrected chi connectivity index (χ1v) is 8.15. The molecule has 1 aliphatic carbocycles. The standard InChI is InChI=1S/C19H19FN2O3/c20-14-3-1-2-13(10-14)17(23)11-18(24)21-15-6-8-16(9-7-15)22-19(25)12-4-5-12/h1-3,6-10,12,17,23H,4-5,11H2,(H,21,24)(H,22,25).